The van der Waals surface area contributed by atoms with Gasteiger partial charge in [0, 0.05) is 18.4 Å². The molecule has 2 aliphatic heterocycles. The largest absolute Gasteiger partial charge is 0.394 e. The van der Waals surface area contributed by atoms with Crippen molar-refractivity contribution in [2.75, 3.05) is 6.61 Å². The average Bonchev–Trinajstić information content (AvgIpc) is 2.72. The Morgan fingerprint density at radius 3 is 2.39 bits per heavy atom. The van der Waals surface area contributed by atoms with Gasteiger partial charge in [-0.25, -0.2) is 0 Å². The fourth-order valence-electron chi connectivity index (χ4n) is 5.86. The normalized spacial score (nSPS) is 49.4. The van der Waals surface area contributed by atoms with Crippen molar-refractivity contribution in [2.45, 2.75) is 115 Å². The number of hydrogen-bond acceptors (Lipinski definition) is 8. The van der Waals surface area contributed by atoms with Crippen LogP contribution in [-0.2, 0) is 14.2 Å². The van der Waals surface area contributed by atoms with E-state index in [1.807, 2.05) is 0 Å². The van der Waals surface area contributed by atoms with Crippen LogP contribution in [0.2, 0.25) is 0 Å². The maximum atomic E-state index is 11.5. The molecule has 0 aromatic heterocycles. The van der Waals surface area contributed by atoms with E-state index in [9.17, 15) is 20.4 Å². The molecule has 31 heavy (non-hydrogen) atoms. The van der Waals surface area contributed by atoms with Crippen molar-refractivity contribution >= 4 is 0 Å². The first kappa shape index (κ1) is 25.3. The Kier molecular flexibility index (Phi) is 8.77. The molecule has 8 heteroatoms. The zero-order valence-electron chi connectivity index (χ0n) is 19.3. The summed E-state index contributed by atoms with van der Waals surface area (Å²) in [6.07, 6.45) is -1.62. The molecule has 0 aromatic rings. The lowest BCUT2D eigenvalue weighted by molar-refractivity contribution is -0.303. The minimum Gasteiger partial charge on any atom is -0.394 e. The summed E-state index contributed by atoms with van der Waals surface area (Å²) < 4.78 is 18.2. The summed E-state index contributed by atoms with van der Waals surface area (Å²) in [5.41, 5.74) is 6.39. The van der Waals surface area contributed by atoms with Crippen LogP contribution in [0.15, 0.2) is 0 Å². The van der Waals surface area contributed by atoms with Crippen molar-refractivity contribution in [3.8, 4) is 0 Å². The lowest BCUT2D eigenvalue weighted by atomic mass is 9.66. The summed E-state index contributed by atoms with van der Waals surface area (Å²) in [4.78, 5) is 0. The highest BCUT2D eigenvalue weighted by Crippen LogP contribution is 2.44. The molecule has 3 fully saturated rings. The molecule has 0 spiro atoms. The molecule has 0 bridgehead atoms. The summed E-state index contributed by atoms with van der Waals surface area (Å²) in [5.74, 6) is 0.820. The molecule has 1 saturated carbocycles. The van der Waals surface area contributed by atoms with Crippen molar-refractivity contribution in [2.24, 2.45) is 29.4 Å². The molecule has 182 valence electrons. The van der Waals surface area contributed by atoms with Gasteiger partial charge < -0.3 is 40.4 Å². The summed E-state index contributed by atoms with van der Waals surface area (Å²) in [5, 5.41) is 41.2. The number of ether oxygens (including phenoxy) is 3. The average molecular weight is 446 g/mol. The van der Waals surface area contributed by atoms with Gasteiger partial charge in [0.25, 0.3) is 0 Å². The molecule has 6 N–H and O–H groups in total. The summed E-state index contributed by atoms with van der Waals surface area (Å²) in [6, 6.07) is -0.417. The molecular weight excluding hydrogens is 402 g/mol. The molecule has 0 radical (unpaired) electrons. The van der Waals surface area contributed by atoms with Crippen LogP contribution >= 0.6 is 0 Å². The molecule has 3 aliphatic rings. The Labute approximate surface area is 186 Å². The van der Waals surface area contributed by atoms with Gasteiger partial charge in [-0.1, -0.05) is 27.7 Å². The van der Waals surface area contributed by atoms with Crippen LogP contribution in [0.3, 0.4) is 0 Å². The molecule has 0 aromatic carbocycles. The third kappa shape index (κ3) is 5.44. The summed E-state index contributed by atoms with van der Waals surface area (Å²) in [7, 11) is 0. The number of aliphatic hydroxyl groups excluding tert-OH is 4. The lowest BCUT2D eigenvalue weighted by Gasteiger charge is -2.51. The minimum absolute atomic E-state index is 0.0348. The van der Waals surface area contributed by atoms with Crippen LogP contribution in [0.1, 0.15) is 59.8 Å². The van der Waals surface area contributed by atoms with E-state index in [2.05, 4.69) is 27.7 Å². The highest BCUT2D eigenvalue weighted by Gasteiger charge is 2.51. The van der Waals surface area contributed by atoms with Gasteiger partial charge >= 0.3 is 0 Å². The fraction of sp³-hybridized carbons (Fsp3) is 1.00. The van der Waals surface area contributed by atoms with E-state index in [4.69, 9.17) is 19.9 Å². The van der Waals surface area contributed by atoms with Crippen molar-refractivity contribution in [3.05, 3.63) is 0 Å². The third-order valence-electron chi connectivity index (χ3n) is 7.74. The van der Waals surface area contributed by atoms with Crippen molar-refractivity contribution in [3.63, 3.8) is 0 Å². The molecule has 12 atom stereocenters. The molecule has 2 saturated heterocycles. The second-order valence-electron chi connectivity index (χ2n) is 10.3. The van der Waals surface area contributed by atoms with E-state index in [-0.39, 0.29) is 37.1 Å². The quantitative estimate of drug-likeness (QED) is 0.405. The topological polar surface area (TPSA) is 135 Å². The zero-order chi connectivity index (χ0) is 22.9. The molecule has 2 heterocycles. The van der Waals surface area contributed by atoms with Gasteiger partial charge in [-0.15, -0.1) is 0 Å². The number of aliphatic hydroxyl groups is 4. The van der Waals surface area contributed by atoms with Crippen LogP contribution in [0, 0.1) is 23.7 Å². The SMILES string of the molecule is CCC1CCC(C(C)C)C(C2C(C)CC(N)C(OC3OC(CO)C(O)CC3O)C2O)O1. The van der Waals surface area contributed by atoms with Crippen LogP contribution in [-0.4, -0.2) is 82.1 Å². The lowest BCUT2D eigenvalue weighted by Crippen LogP contribution is -2.62. The maximum absolute atomic E-state index is 11.5. The summed E-state index contributed by atoms with van der Waals surface area (Å²) >= 11 is 0. The highest BCUT2D eigenvalue weighted by molar-refractivity contribution is 5.00. The van der Waals surface area contributed by atoms with Gasteiger partial charge in [0.15, 0.2) is 6.29 Å². The number of hydrogen-bond donors (Lipinski definition) is 5. The highest BCUT2D eigenvalue weighted by atomic mass is 16.7. The van der Waals surface area contributed by atoms with Gasteiger partial charge in [-0.3, -0.25) is 0 Å². The van der Waals surface area contributed by atoms with E-state index in [1.54, 1.807) is 0 Å². The Bertz CT molecular complexity index is 564. The van der Waals surface area contributed by atoms with Gasteiger partial charge in [0.2, 0.25) is 0 Å². The van der Waals surface area contributed by atoms with Crippen molar-refractivity contribution in [1.82, 2.24) is 0 Å². The third-order valence-corrected chi connectivity index (χ3v) is 7.74. The Hall–Kier alpha value is -0.320. The zero-order valence-corrected chi connectivity index (χ0v) is 19.3. The Balaban J connectivity index is 1.78. The molecular formula is C23H43NO7. The van der Waals surface area contributed by atoms with Crippen LogP contribution in [0.4, 0.5) is 0 Å². The fourth-order valence-corrected chi connectivity index (χ4v) is 5.86. The summed E-state index contributed by atoms with van der Waals surface area (Å²) in [6.45, 7) is 8.29. The first-order valence-electron chi connectivity index (χ1n) is 12.0. The standard InChI is InChI=1S/C23H43NO7/c1-5-13-6-7-14(11(2)3)21(29-13)19-12(4)8-15(24)22(20(19)28)31-23-17(27)9-16(26)18(10-25)30-23/h11-23,25-28H,5-10,24H2,1-4H3. The monoisotopic (exact) mass is 445 g/mol. The first-order valence-corrected chi connectivity index (χ1v) is 12.0. The predicted octanol–water partition coefficient (Wildman–Crippen LogP) is 0.775. The van der Waals surface area contributed by atoms with Gasteiger partial charge in [-0.05, 0) is 43.4 Å². The molecule has 12 unspecified atom stereocenters. The molecule has 0 amide bonds. The molecule has 8 nitrogen and oxygen atoms in total. The second-order valence-corrected chi connectivity index (χ2v) is 10.3. The van der Waals surface area contributed by atoms with Crippen LogP contribution in [0.25, 0.3) is 0 Å². The number of nitrogens with two attached hydrogens (primary N) is 1. The predicted molar refractivity (Wildman–Crippen MR) is 115 cm³/mol. The number of rotatable bonds is 6. The Morgan fingerprint density at radius 2 is 1.77 bits per heavy atom. The smallest absolute Gasteiger partial charge is 0.184 e. The van der Waals surface area contributed by atoms with Gasteiger partial charge in [-0.2, -0.15) is 0 Å². The maximum Gasteiger partial charge on any atom is 0.184 e. The van der Waals surface area contributed by atoms with Gasteiger partial charge in [0.1, 0.15) is 18.3 Å². The van der Waals surface area contributed by atoms with Crippen LogP contribution < -0.4 is 5.73 Å². The van der Waals surface area contributed by atoms with Crippen molar-refractivity contribution in [1.29, 1.82) is 0 Å². The second kappa shape index (κ2) is 10.7. The van der Waals surface area contributed by atoms with Crippen LogP contribution in [0.5, 0.6) is 0 Å². The van der Waals surface area contributed by atoms with E-state index in [0.717, 1.165) is 19.3 Å². The van der Waals surface area contributed by atoms with E-state index < -0.39 is 42.9 Å². The van der Waals surface area contributed by atoms with E-state index in [0.29, 0.717) is 18.3 Å². The first-order chi connectivity index (χ1) is 14.7. The minimum atomic E-state index is -1.06. The van der Waals surface area contributed by atoms with Gasteiger partial charge in [0.05, 0.1) is 31.0 Å². The van der Waals surface area contributed by atoms with E-state index >= 15 is 0 Å². The molecule has 3 rings (SSSR count). The van der Waals surface area contributed by atoms with Crippen molar-refractivity contribution < 1.29 is 34.6 Å². The molecule has 1 aliphatic carbocycles. The van der Waals surface area contributed by atoms with E-state index in [1.165, 1.54) is 0 Å². The Morgan fingerprint density at radius 1 is 1.06 bits per heavy atom.